The number of halogens is 1. The van der Waals surface area contributed by atoms with E-state index in [1.807, 2.05) is 37.3 Å². The van der Waals surface area contributed by atoms with Gasteiger partial charge in [-0.1, -0.05) is 42.0 Å². The molecule has 0 aromatic heterocycles. The number of allylic oxidation sites excluding steroid dienone is 2. The van der Waals surface area contributed by atoms with Gasteiger partial charge in [0.25, 0.3) is 0 Å². The van der Waals surface area contributed by atoms with Gasteiger partial charge in [0.15, 0.2) is 0 Å². The lowest BCUT2D eigenvalue weighted by molar-refractivity contribution is -0.131. The Morgan fingerprint density at radius 2 is 1.52 bits per heavy atom. The third-order valence-corrected chi connectivity index (χ3v) is 10.7. The van der Waals surface area contributed by atoms with Crippen LogP contribution in [0.25, 0.3) is 0 Å². The molecule has 2 saturated heterocycles. The molecular formula is C35H31IN2O6. The first-order chi connectivity index (χ1) is 21.3. The third-order valence-electron chi connectivity index (χ3n) is 9.95. The molecule has 2 aliphatic carbocycles. The number of amides is 4. The van der Waals surface area contributed by atoms with Gasteiger partial charge in [0, 0.05) is 9.49 Å². The van der Waals surface area contributed by atoms with Gasteiger partial charge in [-0.25, -0.2) is 4.90 Å². The van der Waals surface area contributed by atoms with Crippen molar-refractivity contribution < 1.29 is 29.0 Å². The van der Waals surface area contributed by atoms with E-state index in [-0.39, 0.29) is 42.8 Å². The number of hydrogen-bond acceptors (Lipinski definition) is 6. The summed E-state index contributed by atoms with van der Waals surface area (Å²) in [7, 11) is 0. The summed E-state index contributed by atoms with van der Waals surface area (Å²) in [6.45, 7) is 1.93. The summed E-state index contributed by atoms with van der Waals surface area (Å²) in [6, 6.07) is 23.7. The zero-order valence-electron chi connectivity index (χ0n) is 24.1. The first-order valence-electron chi connectivity index (χ1n) is 14.9. The number of rotatable bonds is 6. The molecule has 6 atom stereocenters. The maximum Gasteiger partial charge on any atom is 0.241 e. The molecule has 1 saturated carbocycles. The fraction of sp³-hybridized carbons (Fsp3) is 0.314. The van der Waals surface area contributed by atoms with Crippen LogP contribution in [0.2, 0.25) is 0 Å². The summed E-state index contributed by atoms with van der Waals surface area (Å²) in [6.07, 6.45) is 2.76. The van der Waals surface area contributed by atoms with Gasteiger partial charge < -0.3 is 9.84 Å². The van der Waals surface area contributed by atoms with Crippen LogP contribution in [0, 0.1) is 32.7 Å². The molecule has 224 valence electrons. The lowest BCUT2D eigenvalue weighted by atomic mass is 9.51. The Balaban J connectivity index is 1.33. The van der Waals surface area contributed by atoms with E-state index in [0.29, 0.717) is 30.0 Å². The Morgan fingerprint density at radius 3 is 2.20 bits per heavy atom. The molecule has 0 bridgehead atoms. The van der Waals surface area contributed by atoms with Crippen molar-refractivity contribution in [1.29, 1.82) is 0 Å². The molecule has 7 rings (SSSR count). The van der Waals surface area contributed by atoms with Crippen molar-refractivity contribution in [1.82, 2.24) is 0 Å². The van der Waals surface area contributed by atoms with Crippen LogP contribution in [0.4, 0.5) is 11.4 Å². The number of carbonyl (C=O) groups excluding carboxylic acids is 4. The maximum atomic E-state index is 14.4. The number of ether oxygens (including phenoxy) is 1. The molecule has 3 aromatic rings. The Kier molecular flexibility index (Phi) is 7.20. The largest absolute Gasteiger partial charge is 0.491 e. The highest BCUT2D eigenvalue weighted by atomic mass is 127. The number of carbonyl (C=O) groups is 4. The van der Waals surface area contributed by atoms with Crippen molar-refractivity contribution >= 4 is 57.6 Å². The van der Waals surface area contributed by atoms with Gasteiger partial charge in [0.05, 0.1) is 41.2 Å². The van der Waals surface area contributed by atoms with Crippen LogP contribution in [0.1, 0.15) is 31.2 Å². The summed E-state index contributed by atoms with van der Waals surface area (Å²) in [5.74, 6) is -3.10. The van der Waals surface area contributed by atoms with Gasteiger partial charge in [-0.2, -0.15) is 0 Å². The molecule has 1 N–H and O–H groups in total. The van der Waals surface area contributed by atoms with Crippen LogP contribution in [-0.2, 0) is 19.2 Å². The second kappa shape index (κ2) is 11.0. The van der Waals surface area contributed by atoms with Gasteiger partial charge in [0.1, 0.15) is 12.4 Å². The van der Waals surface area contributed by atoms with E-state index in [0.717, 1.165) is 14.7 Å². The van der Waals surface area contributed by atoms with Gasteiger partial charge in [-0.05, 0) is 102 Å². The second-order valence-electron chi connectivity index (χ2n) is 12.1. The summed E-state index contributed by atoms with van der Waals surface area (Å²) in [5.41, 5.74) is 1.75. The van der Waals surface area contributed by atoms with E-state index in [1.165, 1.54) is 9.80 Å². The van der Waals surface area contributed by atoms with Crippen LogP contribution in [0.3, 0.4) is 0 Å². The van der Waals surface area contributed by atoms with Crippen molar-refractivity contribution in [3.8, 4) is 5.75 Å². The highest BCUT2D eigenvalue weighted by Crippen LogP contribution is 2.63. The lowest BCUT2D eigenvalue weighted by Crippen LogP contribution is -2.48. The Labute approximate surface area is 268 Å². The van der Waals surface area contributed by atoms with Crippen LogP contribution in [0.15, 0.2) is 90.5 Å². The Bertz CT molecular complexity index is 1690. The predicted molar refractivity (Wildman–Crippen MR) is 172 cm³/mol. The van der Waals surface area contributed by atoms with Gasteiger partial charge >= 0.3 is 0 Å². The molecule has 0 radical (unpaired) electrons. The SMILES string of the molecule is C[C@@]12C(=O)N(c3ccccc3)C(=O)[C@@H]1C[C@@H]1C(=CC[C@@H]3C(=O)N(c4ccc(I)cc4)C(=O)[C@@H]31)[C@@H]2c1ccc(OCCO)cc1. The summed E-state index contributed by atoms with van der Waals surface area (Å²) in [4.78, 5) is 59.2. The van der Waals surface area contributed by atoms with E-state index in [2.05, 4.69) is 28.7 Å². The standard InChI is InChI=1S/C35H31IN2O6/c1-35-28(32(41)38(34(35)43)22-5-3-2-4-6-22)19-27-25(30(35)20-7-13-24(14-8-20)44-18-17-39)15-16-26-29(27)33(42)37(31(26)40)23-11-9-21(36)10-12-23/h2-15,26-30,39H,16-19H2,1H3/t26-,27+,28-,29-,30-,35+/m0/s1. The number of aliphatic hydroxyl groups is 1. The molecular weight excluding hydrogens is 671 g/mol. The number of para-hydroxylation sites is 1. The minimum Gasteiger partial charge on any atom is -0.491 e. The number of fused-ring (bicyclic) bond motifs is 4. The fourth-order valence-corrected chi connectivity index (χ4v) is 8.34. The smallest absolute Gasteiger partial charge is 0.241 e. The first-order valence-corrected chi connectivity index (χ1v) is 15.9. The van der Waals surface area contributed by atoms with Crippen molar-refractivity contribution in [2.45, 2.75) is 25.7 Å². The van der Waals surface area contributed by atoms with Gasteiger partial charge in [-0.3, -0.25) is 24.1 Å². The van der Waals surface area contributed by atoms with E-state index in [9.17, 15) is 24.3 Å². The molecule has 4 amide bonds. The number of anilines is 2. The molecule has 3 aromatic carbocycles. The van der Waals surface area contributed by atoms with Gasteiger partial charge in [0.2, 0.25) is 23.6 Å². The average molecular weight is 703 g/mol. The van der Waals surface area contributed by atoms with Crippen molar-refractivity contribution in [2.75, 3.05) is 23.0 Å². The highest BCUT2D eigenvalue weighted by Gasteiger charge is 2.67. The van der Waals surface area contributed by atoms with Crippen molar-refractivity contribution in [3.63, 3.8) is 0 Å². The van der Waals surface area contributed by atoms with E-state index in [4.69, 9.17) is 4.74 Å². The van der Waals surface area contributed by atoms with Crippen molar-refractivity contribution in [2.24, 2.45) is 29.1 Å². The molecule has 0 spiro atoms. The molecule has 0 unspecified atom stereocenters. The molecule has 2 aliphatic heterocycles. The minimum absolute atomic E-state index is 0.112. The van der Waals surface area contributed by atoms with Gasteiger partial charge in [-0.15, -0.1) is 0 Å². The van der Waals surface area contributed by atoms with E-state index in [1.54, 1.807) is 48.5 Å². The number of imide groups is 2. The number of nitrogens with zero attached hydrogens (tertiary/aromatic N) is 2. The fourth-order valence-electron chi connectivity index (χ4n) is 7.98. The molecule has 8 nitrogen and oxygen atoms in total. The number of aliphatic hydroxyl groups excluding tert-OH is 1. The molecule has 44 heavy (non-hydrogen) atoms. The minimum atomic E-state index is -1.10. The maximum absolute atomic E-state index is 14.4. The highest BCUT2D eigenvalue weighted by molar-refractivity contribution is 14.1. The number of hydrogen-bond donors (Lipinski definition) is 1. The normalized spacial score (nSPS) is 29.3. The average Bonchev–Trinajstić information content (AvgIpc) is 3.40. The van der Waals surface area contributed by atoms with Crippen molar-refractivity contribution in [3.05, 3.63) is 99.6 Å². The van der Waals surface area contributed by atoms with Crippen LogP contribution in [-0.4, -0.2) is 41.9 Å². The van der Waals surface area contributed by atoms with E-state index < -0.39 is 29.1 Å². The molecule has 3 fully saturated rings. The topological polar surface area (TPSA) is 104 Å². The lowest BCUT2D eigenvalue weighted by Gasteiger charge is -2.49. The predicted octanol–water partition coefficient (Wildman–Crippen LogP) is 5.10. The summed E-state index contributed by atoms with van der Waals surface area (Å²) >= 11 is 2.19. The summed E-state index contributed by atoms with van der Waals surface area (Å²) in [5, 5.41) is 9.18. The zero-order chi connectivity index (χ0) is 30.7. The Morgan fingerprint density at radius 1 is 0.841 bits per heavy atom. The van der Waals surface area contributed by atoms with E-state index >= 15 is 0 Å². The Hall–Kier alpha value is -3.83. The van der Waals surface area contributed by atoms with Crippen LogP contribution < -0.4 is 14.5 Å². The molecule has 9 heteroatoms. The second-order valence-corrected chi connectivity index (χ2v) is 13.4. The third kappa shape index (κ3) is 4.27. The molecule has 4 aliphatic rings. The zero-order valence-corrected chi connectivity index (χ0v) is 26.2. The molecule has 2 heterocycles. The monoisotopic (exact) mass is 702 g/mol. The first kappa shape index (κ1) is 28.9. The quantitative estimate of drug-likeness (QED) is 0.218. The number of benzene rings is 3. The van der Waals surface area contributed by atoms with Crippen LogP contribution >= 0.6 is 22.6 Å². The van der Waals surface area contributed by atoms with Crippen LogP contribution in [0.5, 0.6) is 5.75 Å². The summed E-state index contributed by atoms with van der Waals surface area (Å²) < 4.78 is 6.59.